The summed E-state index contributed by atoms with van der Waals surface area (Å²) >= 11 is 0. The summed E-state index contributed by atoms with van der Waals surface area (Å²) in [6, 6.07) is 10.9. The monoisotopic (exact) mass is 337 g/mol. The van der Waals surface area contributed by atoms with E-state index in [9.17, 15) is 9.59 Å². The molecule has 3 aromatic rings. The van der Waals surface area contributed by atoms with Crippen molar-refractivity contribution in [3.63, 3.8) is 0 Å². The number of hydrogen-bond acceptors (Lipinski definition) is 4. The van der Waals surface area contributed by atoms with Crippen LogP contribution >= 0.6 is 0 Å². The van der Waals surface area contributed by atoms with Gasteiger partial charge in [0, 0.05) is 32.4 Å². The van der Waals surface area contributed by atoms with E-state index >= 15 is 0 Å². The minimum Gasteiger partial charge on any atom is -0.352 e. The summed E-state index contributed by atoms with van der Waals surface area (Å²) in [5.74, 6) is -0.191. The first-order valence-electron chi connectivity index (χ1n) is 7.93. The Labute approximate surface area is 145 Å². The Morgan fingerprint density at radius 1 is 1.16 bits per heavy atom. The molecular weight excluding hydrogens is 318 g/mol. The number of rotatable bonds is 5. The average Bonchev–Trinajstić information content (AvgIpc) is 3.08. The SMILES string of the molecule is CN(C)C(=O)c1cccc(CCNC(=O)c2ccc3nncn3c2)c1. The highest BCUT2D eigenvalue weighted by Crippen LogP contribution is 2.08. The van der Waals surface area contributed by atoms with Gasteiger partial charge in [-0.2, -0.15) is 0 Å². The summed E-state index contributed by atoms with van der Waals surface area (Å²) < 4.78 is 1.70. The second-order valence-electron chi connectivity index (χ2n) is 5.92. The van der Waals surface area contributed by atoms with Crippen LogP contribution in [0.15, 0.2) is 48.9 Å². The molecule has 0 aliphatic carbocycles. The lowest BCUT2D eigenvalue weighted by Crippen LogP contribution is -2.26. The summed E-state index contributed by atoms with van der Waals surface area (Å²) in [7, 11) is 3.45. The summed E-state index contributed by atoms with van der Waals surface area (Å²) in [6.45, 7) is 0.485. The van der Waals surface area contributed by atoms with Gasteiger partial charge in [0.2, 0.25) is 0 Å². The highest BCUT2D eigenvalue weighted by Gasteiger charge is 2.09. The molecule has 0 radical (unpaired) electrons. The zero-order chi connectivity index (χ0) is 17.8. The normalized spacial score (nSPS) is 10.6. The number of amides is 2. The number of carbonyl (C=O) groups excluding carboxylic acids is 2. The molecule has 0 saturated carbocycles. The van der Waals surface area contributed by atoms with Gasteiger partial charge < -0.3 is 10.2 Å². The van der Waals surface area contributed by atoms with Gasteiger partial charge in [-0.05, 0) is 36.2 Å². The van der Waals surface area contributed by atoms with E-state index < -0.39 is 0 Å². The topological polar surface area (TPSA) is 79.6 Å². The molecule has 0 aliphatic rings. The molecule has 0 aliphatic heterocycles. The number of nitrogens with one attached hydrogen (secondary N) is 1. The molecule has 7 nitrogen and oxygen atoms in total. The van der Waals surface area contributed by atoms with E-state index in [0.29, 0.717) is 29.7 Å². The van der Waals surface area contributed by atoms with Gasteiger partial charge in [-0.15, -0.1) is 10.2 Å². The fraction of sp³-hybridized carbons (Fsp3) is 0.222. The van der Waals surface area contributed by atoms with Crippen molar-refractivity contribution in [3.8, 4) is 0 Å². The Morgan fingerprint density at radius 2 is 2.00 bits per heavy atom. The average molecular weight is 337 g/mol. The Hall–Kier alpha value is -3.22. The van der Waals surface area contributed by atoms with Gasteiger partial charge in [0.25, 0.3) is 11.8 Å². The highest BCUT2D eigenvalue weighted by molar-refractivity contribution is 5.94. The highest BCUT2D eigenvalue weighted by atomic mass is 16.2. The second kappa shape index (κ2) is 7.12. The number of benzene rings is 1. The molecule has 0 spiro atoms. The van der Waals surface area contributed by atoms with Gasteiger partial charge in [-0.3, -0.25) is 14.0 Å². The van der Waals surface area contributed by atoms with Crippen molar-refractivity contribution < 1.29 is 9.59 Å². The number of nitrogens with zero attached hydrogens (tertiary/aromatic N) is 4. The van der Waals surface area contributed by atoms with Gasteiger partial charge in [0.05, 0.1) is 5.56 Å². The van der Waals surface area contributed by atoms with Crippen molar-refractivity contribution in [1.82, 2.24) is 24.8 Å². The summed E-state index contributed by atoms with van der Waals surface area (Å²) in [4.78, 5) is 25.8. The lowest BCUT2D eigenvalue weighted by Gasteiger charge is -2.11. The molecule has 1 aromatic carbocycles. The molecule has 0 fully saturated rings. The number of carbonyl (C=O) groups is 2. The molecular formula is C18H19N5O2. The zero-order valence-corrected chi connectivity index (χ0v) is 14.1. The van der Waals surface area contributed by atoms with Gasteiger partial charge in [-0.1, -0.05) is 12.1 Å². The van der Waals surface area contributed by atoms with Crippen LogP contribution in [-0.2, 0) is 6.42 Å². The van der Waals surface area contributed by atoms with Crippen molar-refractivity contribution in [1.29, 1.82) is 0 Å². The first-order chi connectivity index (χ1) is 12.0. The van der Waals surface area contributed by atoms with Crippen molar-refractivity contribution in [3.05, 3.63) is 65.6 Å². The molecule has 0 unspecified atom stereocenters. The Bertz CT molecular complexity index is 916. The van der Waals surface area contributed by atoms with E-state index in [2.05, 4.69) is 15.5 Å². The lowest BCUT2D eigenvalue weighted by molar-refractivity contribution is 0.0827. The quantitative estimate of drug-likeness (QED) is 0.763. The Kier molecular flexibility index (Phi) is 4.74. The minimum atomic E-state index is -0.156. The fourth-order valence-corrected chi connectivity index (χ4v) is 2.50. The van der Waals surface area contributed by atoms with E-state index in [-0.39, 0.29) is 11.8 Å². The lowest BCUT2D eigenvalue weighted by atomic mass is 10.1. The summed E-state index contributed by atoms with van der Waals surface area (Å²) in [5.41, 5.74) is 2.89. The molecule has 0 atom stereocenters. The number of fused-ring (bicyclic) bond motifs is 1. The first-order valence-corrected chi connectivity index (χ1v) is 7.93. The largest absolute Gasteiger partial charge is 0.352 e. The zero-order valence-electron chi connectivity index (χ0n) is 14.1. The summed E-state index contributed by atoms with van der Waals surface area (Å²) in [5, 5.41) is 10.6. The standard InChI is InChI=1S/C18H19N5O2/c1-22(2)18(25)14-5-3-4-13(10-14)8-9-19-17(24)15-6-7-16-21-20-12-23(16)11-15/h3-7,10-12H,8-9H2,1-2H3,(H,19,24). The third-order valence-electron chi connectivity index (χ3n) is 3.83. The van der Waals surface area contributed by atoms with Crippen molar-refractivity contribution >= 4 is 17.5 Å². The third kappa shape index (κ3) is 3.82. The predicted molar refractivity (Wildman–Crippen MR) is 93.5 cm³/mol. The number of hydrogen-bond donors (Lipinski definition) is 1. The maximum absolute atomic E-state index is 12.2. The summed E-state index contributed by atoms with van der Waals surface area (Å²) in [6.07, 6.45) is 3.90. The van der Waals surface area contributed by atoms with Gasteiger partial charge >= 0.3 is 0 Å². The molecule has 2 heterocycles. The number of aromatic nitrogens is 3. The van der Waals surface area contributed by atoms with E-state index in [1.165, 1.54) is 0 Å². The van der Waals surface area contributed by atoms with E-state index in [1.54, 1.807) is 54.1 Å². The van der Waals surface area contributed by atoms with Crippen LogP contribution in [0.1, 0.15) is 26.3 Å². The van der Waals surface area contributed by atoms with Crippen LogP contribution < -0.4 is 5.32 Å². The molecule has 2 amide bonds. The van der Waals surface area contributed by atoms with E-state index in [1.807, 2.05) is 18.2 Å². The van der Waals surface area contributed by atoms with Crippen LogP contribution in [-0.4, -0.2) is 52.0 Å². The Balaban J connectivity index is 1.59. The maximum Gasteiger partial charge on any atom is 0.253 e. The van der Waals surface area contributed by atoms with Gasteiger partial charge in [0.15, 0.2) is 5.65 Å². The van der Waals surface area contributed by atoms with Crippen LogP contribution in [0.25, 0.3) is 5.65 Å². The molecule has 0 saturated heterocycles. The van der Waals surface area contributed by atoms with Gasteiger partial charge in [-0.25, -0.2) is 0 Å². The second-order valence-corrected chi connectivity index (χ2v) is 5.92. The molecule has 1 N–H and O–H groups in total. The van der Waals surface area contributed by atoms with Crippen LogP contribution in [0.4, 0.5) is 0 Å². The molecule has 7 heteroatoms. The van der Waals surface area contributed by atoms with Crippen molar-refractivity contribution in [2.75, 3.05) is 20.6 Å². The van der Waals surface area contributed by atoms with Crippen LogP contribution in [0.3, 0.4) is 0 Å². The Morgan fingerprint density at radius 3 is 2.80 bits per heavy atom. The predicted octanol–water partition coefficient (Wildman–Crippen LogP) is 1.40. The van der Waals surface area contributed by atoms with Crippen LogP contribution in [0, 0.1) is 0 Å². The molecule has 2 aromatic heterocycles. The van der Waals surface area contributed by atoms with Crippen LogP contribution in [0.2, 0.25) is 0 Å². The van der Waals surface area contributed by atoms with Crippen molar-refractivity contribution in [2.45, 2.75) is 6.42 Å². The fourth-order valence-electron chi connectivity index (χ4n) is 2.50. The molecule has 128 valence electrons. The maximum atomic E-state index is 12.2. The molecule has 25 heavy (non-hydrogen) atoms. The van der Waals surface area contributed by atoms with Crippen LogP contribution in [0.5, 0.6) is 0 Å². The minimum absolute atomic E-state index is 0.0341. The third-order valence-corrected chi connectivity index (χ3v) is 3.83. The molecule has 0 bridgehead atoms. The first kappa shape index (κ1) is 16.6. The number of pyridine rings is 1. The van der Waals surface area contributed by atoms with Gasteiger partial charge in [0.1, 0.15) is 6.33 Å². The van der Waals surface area contributed by atoms with E-state index in [0.717, 1.165) is 5.56 Å². The smallest absolute Gasteiger partial charge is 0.253 e. The molecule has 3 rings (SSSR count). The van der Waals surface area contributed by atoms with Crippen molar-refractivity contribution in [2.24, 2.45) is 0 Å². The van der Waals surface area contributed by atoms with E-state index in [4.69, 9.17) is 0 Å².